The first-order valence-electron chi connectivity index (χ1n) is 5.50. The van der Waals surface area contributed by atoms with E-state index in [1.807, 2.05) is 24.4 Å². The third-order valence-electron chi connectivity index (χ3n) is 3.45. The summed E-state index contributed by atoms with van der Waals surface area (Å²) in [6.45, 7) is 0. The number of fused-ring (bicyclic) bond motifs is 1. The molecule has 0 amide bonds. The van der Waals surface area contributed by atoms with Crippen molar-refractivity contribution in [1.29, 1.82) is 0 Å². The standard InChI is InChI=1S/C13H13NO2/c15-12(16)9-13(6-7-13)11-5-4-10-3-1-2-8-14(10)11/h1-5,8H,6-7,9H2,(H,15,16). The predicted octanol–water partition coefficient (Wildman–Crippen LogP) is 2.45. The molecule has 2 aromatic rings. The lowest BCUT2D eigenvalue weighted by Gasteiger charge is -2.12. The Morgan fingerprint density at radius 1 is 1.31 bits per heavy atom. The van der Waals surface area contributed by atoms with Crippen molar-refractivity contribution in [2.24, 2.45) is 0 Å². The van der Waals surface area contributed by atoms with Crippen LogP contribution in [0.2, 0.25) is 0 Å². The van der Waals surface area contributed by atoms with E-state index in [1.54, 1.807) is 0 Å². The average Bonchev–Trinajstić information content (AvgIpc) is 2.89. The zero-order valence-electron chi connectivity index (χ0n) is 8.89. The molecule has 0 spiro atoms. The molecule has 1 aliphatic carbocycles. The first kappa shape index (κ1) is 9.46. The Balaban J connectivity index is 2.09. The molecule has 1 fully saturated rings. The Hall–Kier alpha value is -1.77. The summed E-state index contributed by atoms with van der Waals surface area (Å²) in [5.74, 6) is -0.705. The van der Waals surface area contributed by atoms with Gasteiger partial charge in [-0.2, -0.15) is 0 Å². The molecule has 0 saturated heterocycles. The molecule has 0 unspecified atom stereocenters. The summed E-state index contributed by atoms with van der Waals surface area (Å²) >= 11 is 0. The number of carboxylic acids is 1. The predicted molar refractivity (Wildman–Crippen MR) is 60.6 cm³/mol. The van der Waals surface area contributed by atoms with Gasteiger partial charge in [0.25, 0.3) is 0 Å². The van der Waals surface area contributed by atoms with E-state index in [4.69, 9.17) is 5.11 Å². The number of rotatable bonds is 3. The number of aromatic nitrogens is 1. The van der Waals surface area contributed by atoms with Gasteiger partial charge in [-0.1, -0.05) is 6.07 Å². The molecule has 16 heavy (non-hydrogen) atoms. The Labute approximate surface area is 93.3 Å². The van der Waals surface area contributed by atoms with Gasteiger partial charge in [0.2, 0.25) is 0 Å². The van der Waals surface area contributed by atoms with Crippen LogP contribution in [0.4, 0.5) is 0 Å². The van der Waals surface area contributed by atoms with Gasteiger partial charge in [0.05, 0.1) is 6.42 Å². The molecule has 0 atom stereocenters. The highest BCUT2D eigenvalue weighted by Crippen LogP contribution is 2.51. The maximum absolute atomic E-state index is 10.9. The van der Waals surface area contributed by atoms with Gasteiger partial charge in [-0.3, -0.25) is 4.79 Å². The van der Waals surface area contributed by atoms with Crippen LogP contribution in [0.25, 0.3) is 5.52 Å². The fourth-order valence-electron chi connectivity index (χ4n) is 2.45. The molecule has 1 aliphatic rings. The second kappa shape index (κ2) is 3.11. The maximum Gasteiger partial charge on any atom is 0.304 e. The summed E-state index contributed by atoms with van der Waals surface area (Å²) in [7, 11) is 0. The van der Waals surface area contributed by atoms with Crippen LogP contribution in [0, 0.1) is 0 Å². The normalized spacial score (nSPS) is 17.5. The lowest BCUT2D eigenvalue weighted by atomic mass is 9.98. The Bertz CT molecular complexity index is 552. The summed E-state index contributed by atoms with van der Waals surface area (Å²) < 4.78 is 2.11. The average molecular weight is 215 g/mol. The lowest BCUT2D eigenvalue weighted by molar-refractivity contribution is -0.137. The second-order valence-electron chi connectivity index (χ2n) is 4.56. The van der Waals surface area contributed by atoms with Crippen LogP contribution in [-0.2, 0) is 10.2 Å². The molecular weight excluding hydrogens is 202 g/mol. The Morgan fingerprint density at radius 2 is 2.12 bits per heavy atom. The molecular formula is C13H13NO2. The van der Waals surface area contributed by atoms with Crippen molar-refractivity contribution in [3.63, 3.8) is 0 Å². The highest BCUT2D eigenvalue weighted by molar-refractivity contribution is 5.70. The number of nitrogens with zero attached hydrogens (tertiary/aromatic N) is 1. The van der Waals surface area contributed by atoms with Crippen molar-refractivity contribution in [1.82, 2.24) is 4.40 Å². The third kappa shape index (κ3) is 1.32. The summed E-state index contributed by atoms with van der Waals surface area (Å²) in [6, 6.07) is 10.1. The van der Waals surface area contributed by atoms with E-state index in [1.165, 1.54) is 0 Å². The van der Waals surface area contributed by atoms with Gasteiger partial charge < -0.3 is 9.51 Å². The van der Waals surface area contributed by atoms with Crippen LogP contribution in [0.1, 0.15) is 25.0 Å². The Morgan fingerprint density at radius 3 is 2.81 bits per heavy atom. The highest BCUT2D eigenvalue weighted by atomic mass is 16.4. The lowest BCUT2D eigenvalue weighted by Crippen LogP contribution is -2.15. The molecule has 0 radical (unpaired) electrons. The first-order chi connectivity index (χ1) is 7.71. The SMILES string of the molecule is O=C(O)CC1(c2ccc3ccccn23)CC1. The van der Waals surface area contributed by atoms with Crippen molar-refractivity contribution in [2.45, 2.75) is 24.7 Å². The van der Waals surface area contributed by atoms with Crippen molar-refractivity contribution >= 4 is 11.5 Å². The number of carboxylic acid groups (broad SMARTS) is 1. The van der Waals surface area contributed by atoms with Crippen molar-refractivity contribution in [3.05, 3.63) is 42.2 Å². The quantitative estimate of drug-likeness (QED) is 0.854. The Kier molecular flexibility index (Phi) is 1.84. The maximum atomic E-state index is 10.9. The third-order valence-corrected chi connectivity index (χ3v) is 3.45. The first-order valence-corrected chi connectivity index (χ1v) is 5.50. The molecule has 0 aromatic carbocycles. The zero-order chi connectivity index (χ0) is 11.2. The van der Waals surface area contributed by atoms with Gasteiger partial charge in [-0.05, 0) is 37.1 Å². The van der Waals surface area contributed by atoms with Gasteiger partial charge in [0, 0.05) is 22.8 Å². The summed E-state index contributed by atoms with van der Waals surface area (Å²) in [5, 5.41) is 8.95. The minimum Gasteiger partial charge on any atom is -0.481 e. The van der Waals surface area contributed by atoms with E-state index in [0.717, 1.165) is 24.1 Å². The zero-order valence-corrected chi connectivity index (χ0v) is 8.89. The summed E-state index contributed by atoms with van der Waals surface area (Å²) in [6.07, 6.45) is 4.22. The van der Waals surface area contributed by atoms with Gasteiger partial charge in [0.15, 0.2) is 0 Å². The topological polar surface area (TPSA) is 41.7 Å². The monoisotopic (exact) mass is 215 g/mol. The van der Waals surface area contributed by atoms with Gasteiger partial charge >= 0.3 is 5.97 Å². The van der Waals surface area contributed by atoms with E-state index in [-0.39, 0.29) is 11.8 Å². The van der Waals surface area contributed by atoms with Crippen molar-refractivity contribution in [3.8, 4) is 0 Å². The van der Waals surface area contributed by atoms with E-state index in [9.17, 15) is 4.79 Å². The van der Waals surface area contributed by atoms with Crippen molar-refractivity contribution in [2.75, 3.05) is 0 Å². The van der Waals surface area contributed by atoms with Gasteiger partial charge in [0.1, 0.15) is 0 Å². The minimum atomic E-state index is -0.705. The molecule has 0 aliphatic heterocycles. The van der Waals surface area contributed by atoms with Crippen molar-refractivity contribution < 1.29 is 9.90 Å². The molecule has 0 bridgehead atoms. The van der Waals surface area contributed by atoms with Crippen LogP contribution >= 0.6 is 0 Å². The van der Waals surface area contributed by atoms with Crippen LogP contribution in [0.15, 0.2) is 36.5 Å². The number of aliphatic carboxylic acids is 1. The number of hydrogen-bond donors (Lipinski definition) is 1. The molecule has 2 heterocycles. The fraction of sp³-hybridized carbons (Fsp3) is 0.308. The molecule has 3 rings (SSSR count). The van der Waals surface area contributed by atoms with Crippen LogP contribution < -0.4 is 0 Å². The molecule has 82 valence electrons. The smallest absolute Gasteiger partial charge is 0.304 e. The van der Waals surface area contributed by atoms with Gasteiger partial charge in [-0.15, -0.1) is 0 Å². The second-order valence-corrected chi connectivity index (χ2v) is 4.56. The minimum absolute atomic E-state index is 0.112. The molecule has 1 saturated carbocycles. The molecule has 2 aromatic heterocycles. The largest absolute Gasteiger partial charge is 0.481 e. The molecule has 3 nitrogen and oxygen atoms in total. The number of hydrogen-bond acceptors (Lipinski definition) is 1. The molecule has 1 N–H and O–H groups in total. The summed E-state index contributed by atoms with van der Waals surface area (Å²) in [4.78, 5) is 10.9. The van der Waals surface area contributed by atoms with E-state index in [0.29, 0.717) is 0 Å². The fourth-order valence-corrected chi connectivity index (χ4v) is 2.45. The van der Waals surface area contributed by atoms with Gasteiger partial charge in [-0.25, -0.2) is 0 Å². The number of pyridine rings is 1. The highest BCUT2D eigenvalue weighted by Gasteiger charge is 2.47. The summed E-state index contributed by atoms with van der Waals surface area (Å²) in [5.41, 5.74) is 2.17. The van der Waals surface area contributed by atoms with E-state index < -0.39 is 5.97 Å². The van der Waals surface area contributed by atoms with Crippen LogP contribution in [0.5, 0.6) is 0 Å². The van der Waals surface area contributed by atoms with E-state index in [2.05, 4.69) is 16.5 Å². The number of carbonyl (C=O) groups is 1. The van der Waals surface area contributed by atoms with Crippen LogP contribution in [0.3, 0.4) is 0 Å². The van der Waals surface area contributed by atoms with Crippen LogP contribution in [-0.4, -0.2) is 15.5 Å². The molecule has 3 heteroatoms. The van der Waals surface area contributed by atoms with E-state index >= 15 is 0 Å².